The molecule has 0 spiro atoms. The van der Waals surface area contributed by atoms with E-state index in [-0.39, 0.29) is 11.8 Å². The number of nitrogens with zero attached hydrogens (tertiary/aromatic N) is 2. The van der Waals surface area contributed by atoms with E-state index in [0.29, 0.717) is 30.0 Å². The van der Waals surface area contributed by atoms with Crippen LogP contribution in [0.4, 0.5) is 11.4 Å². The van der Waals surface area contributed by atoms with Gasteiger partial charge in [0, 0.05) is 47.1 Å². The van der Waals surface area contributed by atoms with Crippen LogP contribution in [-0.4, -0.2) is 37.1 Å². The molecule has 1 N–H and O–H groups in total. The highest BCUT2D eigenvalue weighted by atomic mass is 32.2. The predicted octanol–water partition coefficient (Wildman–Crippen LogP) is 4.09. The van der Waals surface area contributed by atoms with Gasteiger partial charge in [-0.15, -0.1) is 0 Å². The lowest BCUT2D eigenvalue weighted by Crippen LogP contribution is -2.33. The standard InChI is InChI=1S/C22H19N3O3S/c1-28-13-12-25-18-7-6-16(24-21(26)15-8-10-23-11-9-15)14-20(18)29-19-5-3-2-4-17(19)22(25)27/h2-11,14H,12-13H2,1H3,(H,24,26). The molecule has 2 amide bonds. The molecule has 1 aliphatic heterocycles. The minimum Gasteiger partial charge on any atom is -0.383 e. The molecular weight excluding hydrogens is 386 g/mol. The molecular formula is C22H19N3O3S. The Kier molecular flexibility index (Phi) is 5.59. The molecule has 0 atom stereocenters. The summed E-state index contributed by atoms with van der Waals surface area (Å²) < 4.78 is 5.20. The van der Waals surface area contributed by atoms with E-state index in [9.17, 15) is 9.59 Å². The molecule has 1 aliphatic rings. The summed E-state index contributed by atoms with van der Waals surface area (Å²) in [4.78, 5) is 33.1. The average molecular weight is 405 g/mol. The van der Waals surface area contributed by atoms with Gasteiger partial charge in [-0.25, -0.2) is 0 Å². The van der Waals surface area contributed by atoms with Crippen LogP contribution in [0.1, 0.15) is 20.7 Å². The highest BCUT2D eigenvalue weighted by Crippen LogP contribution is 2.42. The van der Waals surface area contributed by atoms with Gasteiger partial charge in [0.2, 0.25) is 0 Å². The van der Waals surface area contributed by atoms with Crippen LogP contribution in [0.5, 0.6) is 0 Å². The largest absolute Gasteiger partial charge is 0.383 e. The molecule has 1 aromatic heterocycles. The number of hydrogen-bond donors (Lipinski definition) is 1. The van der Waals surface area contributed by atoms with Gasteiger partial charge < -0.3 is 15.0 Å². The fourth-order valence-electron chi connectivity index (χ4n) is 3.11. The van der Waals surface area contributed by atoms with Crippen molar-refractivity contribution >= 4 is 35.0 Å². The summed E-state index contributed by atoms with van der Waals surface area (Å²) in [5.74, 6) is -0.267. The zero-order chi connectivity index (χ0) is 20.2. The van der Waals surface area contributed by atoms with Crippen molar-refractivity contribution in [3.05, 3.63) is 78.1 Å². The first-order valence-corrected chi connectivity index (χ1v) is 9.92. The van der Waals surface area contributed by atoms with Crippen LogP contribution in [0.15, 0.2) is 76.8 Å². The molecule has 7 heteroatoms. The summed E-state index contributed by atoms with van der Waals surface area (Å²) in [5.41, 5.74) is 2.66. The summed E-state index contributed by atoms with van der Waals surface area (Å²) in [6, 6.07) is 16.4. The van der Waals surface area contributed by atoms with Crippen LogP contribution in [0.2, 0.25) is 0 Å². The van der Waals surface area contributed by atoms with E-state index < -0.39 is 0 Å². The third-order valence-electron chi connectivity index (χ3n) is 4.55. The summed E-state index contributed by atoms with van der Waals surface area (Å²) in [6.07, 6.45) is 3.16. The Morgan fingerprint density at radius 1 is 1.10 bits per heavy atom. The number of carbonyl (C=O) groups is 2. The number of nitrogens with one attached hydrogen (secondary N) is 1. The van der Waals surface area contributed by atoms with Crippen LogP contribution in [0.3, 0.4) is 0 Å². The molecule has 2 heterocycles. The number of benzene rings is 2. The second kappa shape index (κ2) is 8.46. The fraction of sp³-hybridized carbons (Fsp3) is 0.136. The fourth-order valence-corrected chi connectivity index (χ4v) is 4.23. The van der Waals surface area contributed by atoms with Gasteiger partial charge in [0.25, 0.3) is 11.8 Å². The number of amides is 2. The average Bonchev–Trinajstić information content (AvgIpc) is 2.87. The Morgan fingerprint density at radius 3 is 2.69 bits per heavy atom. The van der Waals surface area contributed by atoms with E-state index in [4.69, 9.17) is 4.74 Å². The SMILES string of the molecule is COCCN1C(=O)c2ccccc2Sc2cc(NC(=O)c3ccncc3)ccc21. The van der Waals surface area contributed by atoms with Crippen molar-refractivity contribution in [3.8, 4) is 0 Å². The molecule has 0 bridgehead atoms. The minimum absolute atomic E-state index is 0.0579. The highest BCUT2D eigenvalue weighted by Gasteiger charge is 2.27. The molecule has 29 heavy (non-hydrogen) atoms. The number of fused-ring (bicyclic) bond motifs is 2. The number of pyridine rings is 1. The van der Waals surface area contributed by atoms with Crippen LogP contribution >= 0.6 is 11.8 Å². The number of hydrogen-bond acceptors (Lipinski definition) is 5. The van der Waals surface area contributed by atoms with Gasteiger partial charge in [-0.05, 0) is 42.5 Å². The van der Waals surface area contributed by atoms with Crippen LogP contribution in [0.25, 0.3) is 0 Å². The second-order valence-electron chi connectivity index (χ2n) is 6.42. The molecule has 6 nitrogen and oxygen atoms in total. The van der Waals surface area contributed by atoms with Crippen molar-refractivity contribution in [1.82, 2.24) is 4.98 Å². The van der Waals surface area contributed by atoms with Gasteiger partial charge >= 0.3 is 0 Å². The molecule has 0 saturated carbocycles. The first kappa shape index (κ1) is 19.2. The van der Waals surface area contributed by atoms with E-state index in [1.54, 1.807) is 36.5 Å². The molecule has 146 valence electrons. The van der Waals surface area contributed by atoms with Crippen LogP contribution in [0, 0.1) is 0 Å². The van der Waals surface area contributed by atoms with E-state index >= 15 is 0 Å². The number of anilines is 2. The third-order valence-corrected chi connectivity index (χ3v) is 5.68. The van der Waals surface area contributed by atoms with Gasteiger partial charge in [0.1, 0.15) is 0 Å². The van der Waals surface area contributed by atoms with Gasteiger partial charge in [-0.3, -0.25) is 14.6 Å². The highest BCUT2D eigenvalue weighted by molar-refractivity contribution is 7.99. The first-order valence-electron chi connectivity index (χ1n) is 9.10. The van der Waals surface area contributed by atoms with Gasteiger partial charge in [-0.2, -0.15) is 0 Å². The number of carbonyl (C=O) groups excluding carboxylic acids is 2. The molecule has 0 aliphatic carbocycles. The lowest BCUT2D eigenvalue weighted by Gasteiger charge is -2.23. The molecule has 0 saturated heterocycles. The summed E-state index contributed by atoms with van der Waals surface area (Å²) in [5, 5.41) is 2.91. The topological polar surface area (TPSA) is 71.5 Å². The summed E-state index contributed by atoms with van der Waals surface area (Å²) in [7, 11) is 1.61. The lowest BCUT2D eigenvalue weighted by atomic mass is 10.1. The Labute approximate surface area is 172 Å². The summed E-state index contributed by atoms with van der Waals surface area (Å²) >= 11 is 1.52. The summed E-state index contributed by atoms with van der Waals surface area (Å²) in [6.45, 7) is 0.874. The smallest absolute Gasteiger partial charge is 0.259 e. The van der Waals surface area contributed by atoms with E-state index in [1.165, 1.54) is 11.8 Å². The van der Waals surface area contributed by atoms with Crippen molar-refractivity contribution in [2.75, 3.05) is 30.5 Å². The lowest BCUT2D eigenvalue weighted by molar-refractivity contribution is 0.0972. The van der Waals surface area contributed by atoms with Crippen molar-refractivity contribution in [2.45, 2.75) is 9.79 Å². The van der Waals surface area contributed by atoms with Crippen molar-refractivity contribution < 1.29 is 14.3 Å². The normalized spacial score (nSPS) is 12.7. The van der Waals surface area contributed by atoms with Crippen LogP contribution < -0.4 is 10.2 Å². The van der Waals surface area contributed by atoms with Crippen molar-refractivity contribution in [1.29, 1.82) is 0 Å². The predicted molar refractivity (Wildman–Crippen MR) is 113 cm³/mol. The van der Waals surface area contributed by atoms with Crippen molar-refractivity contribution in [2.24, 2.45) is 0 Å². The maximum absolute atomic E-state index is 13.1. The van der Waals surface area contributed by atoms with Gasteiger partial charge in [0.05, 0.1) is 17.9 Å². The van der Waals surface area contributed by atoms with E-state index in [2.05, 4.69) is 10.3 Å². The molecule has 0 radical (unpaired) electrons. The van der Waals surface area contributed by atoms with Gasteiger partial charge in [0.15, 0.2) is 0 Å². The molecule has 4 rings (SSSR count). The zero-order valence-corrected chi connectivity index (χ0v) is 16.6. The number of methoxy groups -OCH3 is 1. The van der Waals surface area contributed by atoms with E-state index in [1.807, 2.05) is 42.5 Å². The number of ether oxygens (including phenoxy) is 1. The van der Waals surface area contributed by atoms with Gasteiger partial charge in [-0.1, -0.05) is 23.9 Å². The van der Waals surface area contributed by atoms with Crippen LogP contribution in [-0.2, 0) is 4.74 Å². The number of rotatable bonds is 5. The Bertz CT molecular complexity index is 1060. The zero-order valence-electron chi connectivity index (χ0n) is 15.8. The maximum atomic E-state index is 13.1. The molecule has 0 fully saturated rings. The molecule has 0 unspecified atom stereocenters. The monoisotopic (exact) mass is 405 g/mol. The maximum Gasteiger partial charge on any atom is 0.259 e. The first-order chi connectivity index (χ1) is 14.2. The third kappa shape index (κ3) is 4.01. The quantitative estimate of drug-likeness (QED) is 0.692. The number of aromatic nitrogens is 1. The molecule has 3 aromatic rings. The second-order valence-corrected chi connectivity index (χ2v) is 7.50. The Hall–Kier alpha value is -3.16. The van der Waals surface area contributed by atoms with E-state index in [0.717, 1.165) is 15.5 Å². The Balaban J connectivity index is 1.69. The molecule has 2 aromatic carbocycles. The Morgan fingerprint density at radius 2 is 1.90 bits per heavy atom. The minimum atomic E-state index is -0.210. The van der Waals surface area contributed by atoms with Crippen molar-refractivity contribution in [3.63, 3.8) is 0 Å².